The summed E-state index contributed by atoms with van der Waals surface area (Å²) in [7, 11) is 0. The minimum absolute atomic E-state index is 0.0430. The molecule has 5 aromatic rings. The molecule has 1 fully saturated rings. The smallest absolute Gasteiger partial charge is 0.260 e. The number of unbranched alkanes of at least 4 members (excludes halogenated alkanes) is 1. The molecule has 0 saturated carbocycles. The number of thioether (sulfide) groups is 1. The van der Waals surface area contributed by atoms with Crippen molar-refractivity contribution in [2.24, 2.45) is 0 Å². The van der Waals surface area contributed by atoms with Crippen LogP contribution < -0.4 is 4.74 Å². The van der Waals surface area contributed by atoms with Gasteiger partial charge in [-0.15, -0.1) is 10.2 Å². The fraction of sp³-hybridized carbons (Fsp3) is 0.343. The SMILES string of the molecule is Cc1ccc2c(c1)c1nnc(SCCCCC(=O)N3CCN(C(=O)COc4ccc(Cl)cc4)C(C)C3)nc1n2Cc1ccccc1. The third-order valence-corrected chi connectivity index (χ3v) is 9.45. The number of amides is 2. The molecule has 2 amide bonds. The number of fused-ring (bicyclic) bond motifs is 3. The van der Waals surface area contributed by atoms with Gasteiger partial charge in [0.2, 0.25) is 11.1 Å². The summed E-state index contributed by atoms with van der Waals surface area (Å²) in [5, 5.41) is 11.4. The summed E-state index contributed by atoms with van der Waals surface area (Å²) in [6.07, 6.45) is 2.11. The van der Waals surface area contributed by atoms with Gasteiger partial charge in [0.25, 0.3) is 5.91 Å². The van der Waals surface area contributed by atoms with Crippen molar-refractivity contribution in [3.05, 3.63) is 88.9 Å². The van der Waals surface area contributed by atoms with Crippen LogP contribution in [-0.4, -0.2) is 79.4 Å². The van der Waals surface area contributed by atoms with Crippen molar-refractivity contribution < 1.29 is 14.3 Å². The molecule has 2 aromatic heterocycles. The zero-order valence-corrected chi connectivity index (χ0v) is 27.6. The van der Waals surface area contributed by atoms with E-state index in [9.17, 15) is 9.59 Å². The van der Waals surface area contributed by atoms with E-state index >= 15 is 0 Å². The zero-order chi connectivity index (χ0) is 32.0. The number of hydrogen-bond acceptors (Lipinski definition) is 7. The number of hydrogen-bond donors (Lipinski definition) is 0. The lowest BCUT2D eigenvalue weighted by Gasteiger charge is -2.40. The summed E-state index contributed by atoms with van der Waals surface area (Å²) in [6, 6.07) is 23.6. The first-order valence-electron chi connectivity index (χ1n) is 15.6. The molecule has 0 spiro atoms. The molecule has 11 heteroatoms. The van der Waals surface area contributed by atoms with Gasteiger partial charge < -0.3 is 19.1 Å². The number of rotatable bonds is 11. The second kappa shape index (κ2) is 14.5. The van der Waals surface area contributed by atoms with Crippen molar-refractivity contribution in [1.82, 2.24) is 29.5 Å². The first-order valence-corrected chi connectivity index (χ1v) is 17.0. The van der Waals surface area contributed by atoms with Gasteiger partial charge in [-0.3, -0.25) is 9.59 Å². The maximum atomic E-state index is 13.0. The predicted octanol–water partition coefficient (Wildman–Crippen LogP) is 6.39. The molecule has 1 aliphatic rings. The van der Waals surface area contributed by atoms with Crippen LogP contribution >= 0.6 is 23.4 Å². The zero-order valence-electron chi connectivity index (χ0n) is 26.1. The van der Waals surface area contributed by atoms with Crippen LogP contribution in [-0.2, 0) is 16.1 Å². The Morgan fingerprint density at radius 1 is 0.978 bits per heavy atom. The Morgan fingerprint density at radius 3 is 2.57 bits per heavy atom. The van der Waals surface area contributed by atoms with E-state index in [1.165, 1.54) is 11.1 Å². The van der Waals surface area contributed by atoms with Crippen LogP contribution in [0.25, 0.3) is 22.1 Å². The number of aryl methyl sites for hydroxylation is 1. The summed E-state index contributed by atoms with van der Waals surface area (Å²) in [4.78, 5) is 34.4. The lowest BCUT2D eigenvalue weighted by molar-refractivity contribution is -0.143. The number of aromatic nitrogens is 4. The van der Waals surface area contributed by atoms with Crippen LogP contribution in [0, 0.1) is 6.92 Å². The summed E-state index contributed by atoms with van der Waals surface area (Å²) in [6.45, 7) is 6.27. The molecule has 3 aromatic carbocycles. The topological polar surface area (TPSA) is 93.5 Å². The molecule has 9 nitrogen and oxygen atoms in total. The molecule has 238 valence electrons. The highest BCUT2D eigenvalue weighted by atomic mass is 35.5. The molecule has 6 rings (SSSR count). The van der Waals surface area contributed by atoms with Gasteiger partial charge in [-0.25, -0.2) is 4.98 Å². The average molecular weight is 657 g/mol. The second-order valence-corrected chi connectivity index (χ2v) is 13.2. The van der Waals surface area contributed by atoms with Crippen molar-refractivity contribution in [1.29, 1.82) is 0 Å². The Labute approximate surface area is 277 Å². The van der Waals surface area contributed by atoms with Gasteiger partial charge in [0, 0.05) is 54.8 Å². The first kappa shape index (κ1) is 31.8. The van der Waals surface area contributed by atoms with E-state index in [0.717, 1.165) is 40.7 Å². The molecule has 0 bridgehead atoms. The van der Waals surface area contributed by atoms with Crippen molar-refractivity contribution in [2.45, 2.75) is 50.9 Å². The summed E-state index contributed by atoms with van der Waals surface area (Å²) in [5.74, 6) is 1.44. The number of piperazine rings is 1. The van der Waals surface area contributed by atoms with Gasteiger partial charge >= 0.3 is 0 Å². The predicted molar refractivity (Wildman–Crippen MR) is 182 cm³/mol. The number of carbonyl (C=O) groups excluding carboxylic acids is 2. The quantitative estimate of drug-likeness (QED) is 0.120. The summed E-state index contributed by atoms with van der Waals surface area (Å²) in [5.41, 5.74) is 5.11. The van der Waals surface area contributed by atoms with E-state index in [0.29, 0.717) is 48.5 Å². The van der Waals surface area contributed by atoms with E-state index in [1.54, 1.807) is 40.9 Å². The van der Waals surface area contributed by atoms with E-state index < -0.39 is 0 Å². The lowest BCUT2D eigenvalue weighted by Crippen LogP contribution is -2.56. The Bertz CT molecular complexity index is 1830. The molecule has 0 aliphatic carbocycles. The van der Waals surface area contributed by atoms with E-state index in [-0.39, 0.29) is 24.5 Å². The van der Waals surface area contributed by atoms with Crippen LogP contribution in [0.5, 0.6) is 5.75 Å². The molecule has 0 radical (unpaired) electrons. The van der Waals surface area contributed by atoms with Gasteiger partial charge in [0.05, 0.1) is 5.52 Å². The third kappa shape index (κ3) is 7.45. The Kier molecular flexibility index (Phi) is 10.0. The number of ether oxygens (including phenoxy) is 1. The standard InChI is InChI=1S/C35H37ClN6O3S/c1-24-11-16-30-29(20-24)33-34(42(30)22-26-8-4-3-5-9-26)37-35(39-38-33)46-19-7-6-10-31(43)40-17-18-41(25(2)21-40)32(44)23-45-28-14-12-27(36)13-15-28/h3-5,8-9,11-16,20,25H,6-7,10,17-19,21-23H2,1-2H3. The van der Waals surface area contributed by atoms with Gasteiger partial charge in [-0.1, -0.05) is 65.3 Å². The maximum Gasteiger partial charge on any atom is 0.260 e. The molecule has 3 heterocycles. The van der Waals surface area contributed by atoms with Crippen molar-refractivity contribution in [3.8, 4) is 5.75 Å². The molecule has 1 aliphatic heterocycles. The highest BCUT2D eigenvalue weighted by molar-refractivity contribution is 7.99. The van der Waals surface area contributed by atoms with E-state index in [2.05, 4.69) is 64.2 Å². The molecule has 0 N–H and O–H groups in total. The Balaban J connectivity index is 0.983. The fourth-order valence-electron chi connectivity index (χ4n) is 5.86. The van der Waals surface area contributed by atoms with E-state index in [4.69, 9.17) is 21.3 Å². The van der Waals surface area contributed by atoms with E-state index in [1.807, 2.05) is 17.9 Å². The minimum atomic E-state index is -0.0861. The van der Waals surface area contributed by atoms with Crippen molar-refractivity contribution >= 4 is 57.2 Å². The minimum Gasteiger partial charge on any atom is -0.484 e. The summed E-state index contributed by atoms with van der Waals surface area (Å²) >= 11 is 7.49. The molecule has 1 unspecified atom stereocenters. The highest BCUT2D eigenvalue weighted by Gasteiger charge is 2.29. The number of benzene rings is 3. The number of nitrogens with zero attached hydrogens (tertiary/aromatic N) is 6. The normalized spacial score (nSPS) is 15.1. The maximum absolute atomic E-state index is 13.0. The van der Waals surface area contributed by atoms with Gasteiger partial charge in [-0.05, 0) is 68.7 Å². The van der Waals surface area contributed by atoms with Gasteiger partial charge in [0.15, 0.2) is 12.3 Å². The first-order chi connectivity index (χ1) is 22.4. The van der Waals surface area contributed by atoms with Crippen LogP contribution in [0.3, 0.4) is 0 Å². The van der Waals surface area contributed by atoms with Crippen molar-refractivity contribution in [2.75, 3.05) is 32.0 Å². The van der Waals surface area contributed by atoms with Gasteiger partial charge in [-0.2, -0.15) is 0 Å². The lowest BCUT2D eigenvalue weighted by atomic mass is 10.1. The molecular formula is C35H37ClN6O3S. The largest absolute Gasteiger partial charge is 0.484 e. The number of halogens is 1. The fourth-order valence-corrected chi connectivity index (χ4v) is 6.76. The summed E-state index contributed by atoms with van der Waals surface area (Å²) < 4.78 is 7.85. The second-order valence-electron chi connectivity index (χ2n) is 11.7. The van der Waals surface area contributed by atoms with Crippen molar-refractivity contribution in [3.63, 3.8) is 0 Å². The molecular weight excluding hydrogens is 620 g/mol. The monoisotopic (exact) mass is 656 g/mol. The highest BCUT2D eigenvalue weighted by Crippen LogP contribution is 2.29. The molecule has 46 heavy (non-hydrogen) atoms. The number of carbonyl (C=O) groups is 2. The Morgan fingerprint density at radius 2 is 1.78 bits per heavy atom. The molecule has 1 saturated heterocycles. The van der Waals surface area contributed by atoms with Crippen LogP contribution in [0.1, 0.15) is 37.3 Å². The third-order valence-electron chi connectivity index (χ3n) is 8.28. The van der Waals surface area contributed by atoms with Crippen LogP contribution in [0.4, 0.5) is 0 Å². The van der Waals surface area contributed by atoms with Crippen LogP contribution in [0.2, 0.25) is 5.02 Å². The average Bonchev–Trinajstić information content (AvgIpc) is 3.36. The molecule has 1 atom stereocenters. The van der Waals surface area contributed by atoms with Gasteiger partial charge in [0.1, 0.15) is 11.3 Å². The Hall–Kier alpha value is -4.15. The van der Waals surface area contributed by atoms with Crippen LogP contribution in [0.15, 0.2) is 78.0 Å².